The van der Waals surface area contributed by atoms with Crippen molar-refractivity contribution in [2.75, 3.05) is 18.5 Å². The molecule has 0 spiro atoms. The van der Waals surface area contributed by atoms with Crippen molar-refractivity contribution in [2.45, 2.75) is 26.2 Å². The molecular weight excluding hydrogens is 326 g/mol. The van der Waals surface area contributed by atoms with Crippen molar-refractivity contribution in [2.24, 2.45) is 11.7 Å². The molecule has 1 atom stereocenters. The lowest BCUT2D eigenvalue weighted by atomic mass is 9.89. The third-order valence-electron chi connectivity index (χ3n) is 4.76. The largest absolute Gasteiger partial charge is 0.495 e. The van der Waals surface area contributed by atoms with Crippen molar-refractivity contribution >= 4 is 17.5 Å². The summed E-state index contributed by atoms with van der Waals surface area (Å²) in [7, 11) is 0. The Morgan fingerprint density at radius 3 is 2.96 bits per heavy atom. The molecule has 5 heteroatoms. The average Bonchev–Trinajstić information content (AvgIpc) is 3.06. The minimum absolute atomic E-state index is 0.117. The van der Waals surface area contributed by atoms with E-state index in [4.69, 9.17) is 10.5 Å². The van der Waals surface area contributed by atoms with Gasteiger partial charge in [-0.3, -0.25) is 0 Å². The van der Waals surface area contributed by atoms with E-state index in [1.165, 1.54) is 5.57 Å². The van der Waals surface area contributed by atoms with Crippen molar-refractivity contribution in [1.29, 1.82) is 0 Å². The summed E-state index contributed by atoms with van der Waals surface area (Å²) < 4.78 is 5.84. The predicted molar refractivity (Wildman–Crippen MR) is 107 cm³/mol. The number of nitrogens with one attached hydrogen (secondary N) is 2. The number of H-pyrrole nitrogens is 1. The Kier molecular flexibility index (Phi) is 5.56. The summed E-state index contributed by atoms with van der Waals surface area (Å²) >= 11 is 0. The predicted octanol–water partition coefficient (Wildman–Crippen LogP) is 4.47. The number of aliphatic hydroxyl groups excluding tert-OH is 1. The monoisotopic (exact) mass is 353 g/mol. The Bertz CT molecular complexity index is 792. The van der Waals surface area contributed by atoms with Crippen LogP contribution in [0.15, 0.2) is 54.3 Å². The van der Waals surface area contributed by atoms with Crippen LogP contribution in [0, 0.1) is 5.92 Å². The third-order valence-corrected chi connectivity index (χ3v) is 4.76. The number of allylic oxidation sites excluding steroid dienone is 5. The summed E-state index contributed by atoms with van der Waals surface area (Å²) in [5.74, 6) is 1.94. The van der Waals surface area contributed by atoms with E-state index in [9.17, 15) is 5.11 Å². The minimum Gasteiger partial charge on any atom is -0.495 e. The fraction of sp³-hybridized carbons (Fsp3) is 0.333. The number of aromatic nitrogens is 1. The zero-order valence-corrected chi connectivity index (χ0v) is 15.2. The molecule has 26 heavy (non-hydrogen) atoms. The second-order valence-electron chi connectivity index (χ2n) is 6.47. The van der Waals surface area contributed by atoms with Gasteiger partial charge in [-0.05, 0) is 50.0 Å². The van der Waals surface area contributed by atoms with Crippen LogP contribution >= 0.6 is 0 Å². The number of ether oxygens (including phenoxy) is 1. The number of rotatable bonds is 7. The number of hydrogen-bond donors (Lipinski definition) is 4. The maximum Gasteiger partial charge on any atom is 0.177 e. The van der Waals surface area contributed by atoms with E-state index >= 15 is 0 Å². The average molecular weight is 353 g/mol. The van der Waals surface area contributed by atoms with E-state index < -0.39 is 0 Å². The van der Waals surface area contributed by atoms with Gasteiger partial charge in [-0.15, -0.1) is 6.58 Å². The molecule has 0 saturated carbocycles. The number of fused-ring (bicyclic) bond motifs is 1. The van der Waals surface area contributed by atoms with Crippen LogP contribution < -0.4 is 11.1 Å². The molecule has 2 aliphatic rings. The van der Waals surface area contributed by atoms with E-state index in [0.717, 1.165) is 47.7 Å². The normalized spacial score (nSPS) is 18.0. The Morgan fingerprint density at radius 2 is 2.23 bits per heavy atom. The van der Waals surface area contributed by atoms with Gasteiger partial charge in [0.15, 0.2) is 5.88 Å². The topological polar surface area (TPSA) is 83.3 Å². The van der Waals surface area contributed by atoms with E-state index in [0.29, 0.717) is 13.0 Å². The number of nitrogens with two attached hydrogens (primary N) is 1. The van der Waals surface area contributed by atoms with Crippen LogP contribution in [0.5, 0.6) is 0 Å². The van der Waals surface area contributed by atoms with Gasteiger partial charge in [0.25, 0.3) is 0 Å². The molecule has 1 aromatic rings. The lowest BCUT2D eigenvalue weighted by molar-refractivity contribution is 0.244. The first-order valence-corrected chi connectivity index (χ1v) is 9.10. The van der Waals surface area contributed by atoms with Crippen LogP contribution in [0.3, 0.4) is 0 Å². The van der Waals surface area contributed by atoms with Gasteiger partial charge in [-0.25, -0.2) is 0 Å². The van der Waals surface area contributed by atoms with Crippen LogP contribution in [0.25, 0.3) is 11.6 Å². The van der Waals surface area contributed by atoms with Crippen LogP contribution in [-0.4, -0.2) is 23.2 Å². The highest BCUT2D eigenvalue weighted by Gasteiger charge is 2.23. The molecule has 0 saturated heterocycles. The molecule has 1 unspecified atom stereocenters. The first-order chi connectivity index (χ1) is 12.6. The summed E-state index contributed by atoms with van der Waals surface area (Å²) in [6, 6.07) is 0. The van der Waals surface area contributed by atoms with Gasteiger partial charge in [0, 0.05) is 35.4 Å². The second kappa shape index (κ2) is 8.04. The minimum atomic E-state index is -0.150. The van der Waals surface area contributed by atoms with E-state index in [-0.39, 0.29) is 11.8 Å². The Hall–Kier alpha value is -2.82. The van der Waals surface area contributed by atoms with Crippen LogP contribution in [-0.2, 0) is 4.74 Å². The maximum absolute atomic E-state index is 9.25. The van der Waals surface area contributed by atoms with Gasteiger partial charge in [0.1, 0.15) is 11.6 Å². The molecule has 1 aromatic heterocycles. The lowest BCUT2D eigenvalue weighted by Crippen LogP contribution is -2.16. The molecule has 1 aliphatic carbocycles. The van der Waals surface area contributed by atoms with Gasteiger partial charge in [-0.1, -0.05) is 12.2 Å². The van der Waals surface area contributed by atoms with Crippen molar-refractivity contribution in [3.63, 3.8) is 0 Å². The smallest absolute Gasteiger partial charge is 0.177 e. The fourth-order valence-corrected chi connectivity index (χ4v) is 3.45. The second-order valence-corrected chi connectivity index (χ2v) is 6.47. The van der Waals surface area contributed by atoms with Crippen LogP contribution in [0.1, 0.15) is 37.3 Å². The number of aliphatic hydroxyl groups is 1. The van der Waals surface area contributed by atoms with Crippen LogP contribution in [0.2, 0.25) is 0 Å². The van der Waals surface area contributed by atoms with Crippen molar-refractivity contribution in [3.05, 3.63) is 65.4 Å². The molecule has 138 valence electrons. The first kappa shape index (κ1) is 18.0. The Labute approximate surface area is 154 Å². The molecule has 0 radical (unpaired) electrons. The highest BCUT2D eigenvalue weighted by atomic mass is 16.5. The molecular formula is C21H27N3O2. The van der Waals surface area contributed by atoms with Gasteiger partial charge in [-0.2, -0.15) is 0 Å². The van der Waals surface area contributed by atoms with E-state index in [1.807, 2.05) is 19.2 Å². The molecule has 5 N–H and O–H groups in total. The molecule has 0 aromatic carbocycles. The maximum atomic E-state index is 9.25. The number of anilines is 1. The molecule has 3 rings (SSSR count). The van der Waals surface area contributed by atoms with Gasteiger partial charge in [0.05, 0.1) is 6.61 Å². The highest BCUT2D eigenvalue weighted by molar-refractivity contribution is 5.88. The molecule has 1 aliphatic heterocycles. The first-order valence-electron chi connectivity index (χ1n) is 9.10. The zero-order chi connectivity index (χ0) is 18.5. The summed E-state index contributed by atoms with van der Waals surface area (Å²) in [4.78, 5) is 3.34. The fourth-order valence-electron chi connectivity index (χ4n) is 3.45. The zero-order valence-electron chi connectivity index (χ0n) is 15.2. The summed E-state index contributed by atoms with van der Waals surface area (Å²) in [6.45, 7) is 7.33. The standard InChI is InChI=1S/C21H27N3O2/c1-3-14(9-10-20(22)25)15-11-17-18(13-24-21(17)23-12-15)16-7-5-6-8-19(16)26-4-2/h3,7-8,10-11,13-14,23-25H,1,4-6,9,12,22H2,2H3/b20-10+. The highest BCUT2D eigenvalue weighted by Crippen LogP contribution is 2.38. The molecule has 5 nitrogen and oxygen atoms in total. The van der Waals surface area contributed by atoms with Gasteiger partial charge >= 0.3 is 0 Å². The van der Waals surface area contributed by atoms with Gasteiger partial charge < -0.3 is 25.9 Å². The van der Waals surface area contributed by atoms with Gasteiger partial charge in [0.2, 0.25) is 0 Å². The Morgan fingerprint density at radius 1 is 1.42 bits per heavy atom. The summed E-state index contributed by atoms with van der Waals surface area (Å²) in [5.41, 5.74) is 10.00. The van der Waals surface area contributed by atoms with Crippen LogP contribution in [0.4, 0.5) is 5.82 Å². The van der Waals surface area contributed by atoms with Crippen molar-refractivity contribution < 1.29 is 9.84 Å². The number of aromatic amines is 1. The molecule has 0 fully saturated rings. The summed E-state index contributed by atoms with van der Waals surface area (Å²) in [5, 5.41) is 12.7. The molecule has 0 amide bonds. The lowest BCUT2D eigenvalue weighted by Gasteiger charge is -2.23. The third kappa shape index (κ3) is 3.72. The molecule has 0 bridgehead atoms. The number of hydrogen-bond acceptors (Lipinski definition) is 4. The Balaban J connectivity index is 1.93. The van der Waals surface area contributed by atoms with Crippen molar-refractivity contribution in [3.8, 4) is 0 Å². The SMILES string of the molecule is C=CC(C/C=C(\N)O)C1=Cc2c(C3=CCCC=C3OCC)c[nH]c2NC1. The van der Waals surface area contributed by atoms with E-state index in [2.05, 4.69) is 35.1 Å². The van der Waals surface area contributed by atoms with Crippen molar-refractivity contribution in [1.82, 2.24) is 4.98 Å². The molecule has 2 heterocycles. The quantitative estimate of drug-likeness (QED) is 0.430. The van der Waals surface area contributed by atoms with E-state index in [1.54, 1.807) is 6.08 Å². The summed E-state index contributed by atoms with van der Waals surface area (Å²) in [6.07, 6.45) is 14.8.